The van der Waals surface area contributed by atoms with Crippen LogP contribution in [0.25, 0.3) is 0 Å². The van der Waals surface area contributed by atoms with Crippen molar-refractivity contribution in [2.45, 2.75) is 37.8 Å². The summed E-state index contributed by atoms with van der Waals surface area (Å²) in [5, 5.41) is 15.0. The molecule has 0 radical (unpaired) electrons. The molecule has 1 aromatic rings. The topological polar surface area (TPSA) is 58.4 Å². The molecule has 0 aliphatic carbocycles. The Morgan fingerprint density at radius 2 is 2.20 bits per heavy atom. The Kier molecular flexibility index (Phi) is 3.81. The molecule has 6 heteroatoms. The average molecular weight is 296 g/mol. The highest BCUT2D eigenvalue weighted by Crippen LogP contribution is 2.39. The maximum atomic E-state index is 11.3. The van der Waals surface area contributed by atoms with E-state index < -0.39 is 0 Å². The SMILES string of the molecule is O=[N+]([O-])c1c(Cl)cccc1N1CCCC1C1CCCN1. The predicted molar refractivity (Wildman–Crippen MR) is 79.5 cm³/mol. The molecule has 1 N–H and O–H groups in total. The molecule has 1 aromatic carbocycles. The third-order valence-corrected chi connectivity index (χ3v) is 4.62. The van der Waals surface area contributed by atoms with Crippen molar-refractivity contribution in [3.05, 3.63) is 33.3 Å². The number of para-hydroxylation sites is 1. The summed E-state index contributed by atoms with van der Waals surface area (Å²) < 4.78 is 0. The van der Waals surface area contributed by atoms with Gasteiger partial charge in [0.25, 0.3) is 0 Å². The number of nitro benzene ring substituents is 1. The smallest absolute Gasteiger partial charge is 0.310 e. The van der Waals surface area contributed by atoms with Crippen LogP contribution < -0.4 is 10.2 Å². The molecule has 2 aliphatic heterocycles. The highest BCUT2D eigenvalue weighted by Gasteiger charge is 2.36. The lowest BCUT2D eigenvalue weighted by Gasteiger charge is -2.31. The monoisotopic (exact) mass is 295 g/mol. The van der Waals surface area contributed by atoms with Gasteiger partial charge in [-0.2, -0.15) is 0 Å². The number of benzene rings is 1. The Morgan fingerprint density at radius 3 is 2.90 bits per heavy atom. The number of hydrogen-bond acceptors (Lipinski definition) is 4. The van der Waals surface area contributed by atoms with E-state index in [2.05, 4.69) is 10.2 Å². The molecular formula is C14H18ClN3O2. The number of hydrogen-bond donors (Lipinski definition) is 1. The number of halogens is 1. The zero-order chi connectivity index (χ0) is 14.1. The molecule has 108 valence electrons. The first-order valence-corrected chi connectivity index (χ1v) is 7.49. The summed E-state index contributed by atoms with van der Waals surface area (Å²) in [7, 11) is 0. The zero-order valence-corrected chi connectivity index (χ0v) is 12.0. The van der Waals surface area contributed by atoms with Gasteiger partial charge in [0.2, 0.25) is 0 Å². The van der Waals surface area contributed by atoms with Crippen molar-refractivity contribution in [3.63, 3.8) is 0 Å². The second-order valence-corrected chi connectivity index (χ2v) is 5.88. The van der Waals surface area contributed by atoms with Crippen LogP contribution in [0, 0.1) is 10.1 Å². The highest BCUT2D eigenvalue weighted by molar-refractivity contribution is 6.33. The summed E-state index contributed by atoms with van der Waals surface area (Å²) in [5.74, 6) is 0. The van der Waals surface area contributed by atoms with Crippen LogP contribution >= 0.6 is 11.6 Å². The van der Waals surface area contributed by atoms with Crippen molar-refractivity contribution in [2.24, 2.45) is 0 Å². The third kappa shape index (κ3) is 2.36. The fourth-order valence-electron chi connectivity index (χ4n) is 3.47. The summed E-state index contributed by atoms with van der Waals surface area (Å²) in [5.41, 5.74) is 0.706. The number of nitro groups is 1. The molecule has 2 aliphatic rings. The Bertz CT molecular complexity index is 517. The molecule has 2 unspecified atom stereocenters. The maximum absolute atomic E-state index is 11.3. The Labute approximate surface area is 123 Å². The van der Waals surface area contributed by atoms with Crippen molar-refractivity contribution in [1.82, 2.24) is 5.32 Å². The van der Waals surface area contributed by atoms with E-state index in [4.69, 9.17) is 11.6 Å². The van der Waals surface area contributed by atoms with Gasteiger partial charge in [-0.1, -0.05) is 17.7 Å². The van der Waals surface area contributed by atoms with Gasteiger partial charge in [0.05, 0.1) is 4.92 Å². The van der Waals surface area contributed by atoms with Crippen LogP contribution in [0.3, 0.4) is 0 Å². The Morgan fingerprint density at radius 1 is 1.35 bits per heavy atom. The summed E-state index contributed by atoms with van der Waals surface area (Å²) in [6.07, 6.45) is 4.50. The molecule has 0 saturated carbocycles. The lowest BCUT2D eigenvalue weighted by atomic mass is 10.0. The Hall–Kier alpha value is -1.33. The fraction of sp³-hybridized carbons (Fsp3) is 0.571. The molecule has 2 atom stereocenters. The number of rotatable bonds is 3. The van der Waals surface area contributed by atoms with Gasteiger partial charge < -0.3 is 10.2 Å². The number of nitrogens with one attached hydrogen (secondary N) is 1. The van der Waals surface area contributed by atoms with Crippen LogP contribution in [-0.2, 0) is 0 Å². The second-order valence-electron chi connectivity index (χ2n) is 5.47. The molecule has 2 heterocycles. The lowest BCUT2D eigenvalue weighted by molar-refractivity contribution is -0.384. The van der Waals surface area contributed by atoms with Crippen molar-refractivity contribution in [3.8, 4) is 0 Å². The number of anilines is 1. The molecule has 5 nitrogen and oxygen atoms in total. The molecule has 0 bridgehead atoms. The molecule has 0 spiro atoms. The largest absolute Gasteiger partial charge is 0.361 e. The van der Waals surface area contributed by atoms with E-state index in [-0.39, 0.29) is 15.6 Å². The van der Waals surface area contributed by atoms with Gasteiger partial charge in [0, 0.05) is 18.6 Å². The van der Waals surface area contributed by atoms with E-state index in [1.54, 1.807) is 12.1 Å². The van der Waals surface area contributed by atoms with Crippen molar-refractivity contribution in [1.29, 1.82) is 0 Å². The minimum Gasteiger partial charge on any atom is -0.361 e. The van der Waals surface area contributed by atoms with E-state index in [1.165, 1.54) is 6.42 Å². The van der Waals surface area contributed by atoms with Gasteiger partial charge in [0.1, 0.15) is 10.7 Å². The van der Waals surface area contributed by atoms with E-state index in [1.807, 2.05) is 6.07 Å². The number of nitrogens with zero attached hydrogens (tertiary/aromatic N) is 2. The molecular weight excluding hydrogens is 278 g/mol. The fourth-order valence-corrected chi connectivity index (χ4v) is 3.70. The van der Waals surface area contributed by atoms with E-state index in [0.717, 1.165) is 32.4 Å². The molecule has 0 amide bonds. The summed E-state index contributed by atoms with van der Waals surface area (Å²) in [6.45, 7) is 1.91. The molecule has 2 saturated heterocycles. The minimum absolute atomic E-state index is 0.0408. The van der Waals surface area contributed by atoms with Crippen LogP contribution in [0.15, 0.2) is 18.2 Å². The third-order valence-electron chi connectivity index (χ3n) is 4.32. The zero-order valence-electron chi connectivity index (χ0n) is 11.2. The van der Waals surface area contributed by atoms with Crippen LogP contribution in [0.5, 0.6) is 0 Å². The average Bonchev–Trinajstić information content (AvgIpc) is 3.08. The van der Waals surface area contributed by atoms with Gasteiger partial charge in [-0.05, 0) is 44.4 Å². The maximum Gasteiger partial charge on any atom is 0.310 e. The Balaban J connectivity index is 1.95. The van der Waals surface area contributed by atoms with Gasteiger partial charge in [-0.25, -0.2) is 0 Å². The minimum atomic E-state index is -0.366. The van der Waals surface area contributed by atoms with E-state index >= 15 is 0 Å². The van der Waals surface area contributed by atoms with E-state index in [9.17, 15) is 10.1 Å². The first-order chi connectivity index (χ1) is 9.68. The van der Waals surface area contributed by atoms with Crippen LogP contribution in [0.4, 0.5) is 11.4 Å². The summed E-state index contributed by atoms with van der Waals surface area (Å²) >= 11 is 6.03. The van der Waals surface area contributed by atoms with Crippen molar-refractivity contribution < 1.29 is 4.92 Å². The van der Waals surface area contributed by atoms with Crippen LogP contribution in [-0.4, -0.2) is 30.1 Å². The van der Waals surface area contributed by atoms with Crippen LogP contribution in [0.1, 0.15) is 25.7 Å². The first-order valence-electron chi connectivity index (χ1n) is 7.11. The van der Waals surface area contributed by atoms with Gasteiger partial charge in [0.15, 0.2) is 0 Å². The van der Waals surface area contributed by atoms with Gasteiger partial charge in [-0.3, -0.25) is 10.1 Å². The molecule has 20 heavy (non-hydrogen) atoms. The summed E-state index contributed by atoms with van der Waals surface area (Å²) in [4.78, 5) is 13.1. The first kappa shape index (κ1) is 13.6. The lowest BCUT2D eigenvalue weighted by Crippen LogP contribution is -2.44. The quantitative estimate of drug-likeness (QED) is 0.688. The van der Waals surface area contributed by atoms with Gasteiger partial charge in [-0.15, -0.1) is 0 Å². The van der Waals surface area contributed by atoms with Crippen molar-refractivity contribution in [2.75, 3.05) is 18.0 Å². The standard InChI is InChI=1S/C14H18ClN3O2/c15-10-4-1-6-13(14(10)18(19)20)17-9-3-7-12(17)11-5-2-8-16-11/h1,4,6,11-12,16H,2-3,5,7-9H2. The molecule has 0 aromatic heterocycles. The predicted octanol–water partition coefficient (Wildman–Crippen LogP) is 2.97. The van der Waals surface area contributed by atoms with Crippen LogP contribution in [0.2, 0.25) is 5.02 Å². The molecule has 2 fully saturated rings. The van der Waals surface area contributed by atoms with E-state index in [0.29, 0.717) is 17.8 Å². The second kappa shape index (κ2) is 5.58. The van der Waals surface area contributed by atoms with Gasteiger partial charge >= 0.3 is 5.69 Å². The summed E-state index contributed by atoms with van der Waals surface area (Å²) in [6, 6.07) is 5.98. The normalized spacial score (nSPS) is 26.1. The molecule has 3 rings (SSSR count). The van der Waals surface area contributed by atoms with Crippen molar-refractivity contribution >= 4 is 23.0 Å². The highest BCUT2D eigenvalue weighted by atomic mass is 35.5.